The molecule has 0 aliphatic carbocycles. The first-order chi connectivity index (χ1) is 11.4. The van der Waals surface area contributed by atoms with Crippen LogP contribution in [-0.4, -0.2) is 71.9 Å². The Morgan fingerprint density at radius 1 is 1.38 bits per heavy atom. The average molecular weight is 357 g/mol. The van der Waals surface area contributed by atoms with Crippen molar-refractivity contribution in [1.29, 1.82) is 0 Å². The van der Waals surface area contributed by atoms with Crippen molar-refractivity contribution in [3.63, 3.8) is 0 Å². The van der Waals surface area contributed by atoms with E-state index in [2.05, 4.69) is 4.98 Å². The van der Waals surface area contributed by atoms with Gasteiger partial charge in [0, 0.05) is 51.9 Å². The summed E-state index contributed by atoms with van der Waals surface area (Å²) >= 11 is 0. The van der Waals surface area contributed by atoms with Crippen LogP contribution < -0.4 is 5.73 Å². The zero-order valence-electron chi connectivity index (χ0n) is 13.7. The van der Waals surface area contributed by atoms with Crippen LogP contribution in [0.1, 0.15) is 29.2 Å². The number of carbonyl (C=O) groups excluding carboxylic acids is 1. The van der Waals surface area contributed by atoms with Crippen molar-refractivity contribution in [2.75, 3.05) is 33.4 Å². The van der Waals surface area contributed by atoms with Gasteiger partial charge >= 0.3 is 0 Å². The third-order valence-electron chi connectivity index (χ3n) is 4.59. The third-order valence-corrected chi connectivity index (χ3v) is 6.68. The van der Waals surface area contributed by atoms with Gasteiger partial charge in [0.2, 0.25) is 0 Å². The third kappa shape index (κ3) is 3.18. The van der Waals surface area contributed by atoms with Gasteiger partial charge < -0.3 is 15.0 Å². The second-order valence-electron chi connectivity index (χ2n) is 6.12. The number of methoxy groups -OCH3 is 1. The van der Waals surface area contributed by atoms with Gasteiger partial charge in [-0.15, -0.1) is 0 Å². The Kier molecular flexibility index (Phi) is 4.90. The Balaban J connectivity index is 1.74. The van der Waals surface area contributed by atoms with Crippen LogP contribution in [0.4, 0.5) is 0 Å². The van der Waals surface area contributed by atoms with Crippen LogP contribution in [0.5, 0.6) is 0 Å². The molecule has 0 bridgehead atoms. The minimum atomic E-state index is -3.52. The molecule has 1 fully saturated rings. The molecule has 0 radical (unpaired) electrons. The summed E-state index contributed by atoms with van der Waals surface area (Å²) in [6.07, 6.45) is 3.72. The number of imidazole rings is 1. The maximum absolute atomic E-state index is 13.0. The number of primary amides is 1. The molecular weight excluding hydrogens is 334 g/mol. The van der Waals surface area contributed by atoms with Crippen molar-refractivity contribution in [1.82, 2.24) is 18.2 Å². The quantitative estimate of drug-likeness (QED) is 0.741. The molecule has 2 aliphatic rings. The van der Waals surface area contributed by atoms with Gasteiger partial charge in [-0.25, -0.2) is 4.98 Å². The number of amides is 1. The molecule has 1 unspecified atom stereocenters. The van der Waals surface area contributed by atoms with E-state index in [9.17, 15) is 13.2 Å². The van der Waals surface area contributed by atoms with E-state index >= 15 is 0 Å². The first-order valence-electron chi connectivity index (χ1n) is 8.05. The maximum Gasteiger partial charge on any atom is 0.282 e. The van der Waals surface area contributed by atoms with Gasteiger partial charge in [0.25, 0.3) is 16.1 Å². The van der Waals surface area contributed by atoms with Gasteiger partial charge in [-0.1, -0.05) is 0 Å². The number of hydrogen-bond donors (Lipinski definition) is 1. The molecule has 10 heteroatoms. The summed E-state index contributed by atoms with van der Waals surface area (Å²) in [6, 6.07) is -0.0956. The molecule has 3 rings (SSSR count). The molecule has 1 aromatic rings. The highest BCUT2D eigenvalue weighted by atomic mass is 32.2. The first kappa shape index (κ1) is 17.3. The van der Waals surface area contributed by atoms with Crippen molar-refractivity contribution in [3.8, 4) is 0 Å². The summed E-state index contributed by atoms with van der Waals surface area (Å²) < 4.78 is 36.0. The molecule has 0 saturated carbocycles. The van der Waals surface area contributed by atoms with Crippen LogP contribution in [0, 0.1) is 0 Å². The van der Waals surface area contributed by atoms with Crippen molar-refractivity contribution >= 4 is 16.1 Å². The minimum Gasteiger partial charge on any atom is -0.383 e. The summed E-state index contributed by atoms with van der Waals surface area (Å²) in [4.78, 5) is 15.4. The zero-order chi connectivity index (χ0) is 17.3. The number of nitrogens with two attached hydrogens (primary N) is 1. The van der Waals surface area contributed by atoms with E-state index in [1.54, 1.807) is 17.6 Å². The molecule has 3 heterocycles. The monoisotopic (exact) mass is 357 g/mol. The second kappa shape index (κ2) is 6.79. The van der Waals surface area contributed by atoms with Crippen LogP contribution >= 0.6 is 0 Å². The number of aromatic nitrogens is 2. The highest BCUT2D eigenvalue weighted by Crippen LogP contribution is 2.24. The SMILES string of the molecule is COCC1CCCN1S(=O)(=O)N1CCc2nc(C(N)=O)cn2CC1. The molecule has 1 atom stereocenters. The fraction of sp³-hybridized carbons (Fsp3) is 0.714. The van der Waals surface area contributed by atoms with Gasteiger partial charge in [-0.3, -0.25) is 4.79 Å². The topological polar surface area (TPSA) is 111 Å². The Morgan fingerprint density at radius 3 is 2.88 bits per heavy atom. The summed E-state index contributed by atoms with van der Waals surface area (Å²) in [7, 11) is -1.94. The molecule has 1 aromatic heterocycles. The lowest BCUT2D eigenvalue weighted by molar-refractivity contribution is 0.0995. The Morgan fingerprint density at radius 2 is 2.17 bits per heavy atom. The molecular formula is C14H23N5O4S. The number of nitrogens with zero attached hydrogens (tertiary/aromatic N) is 4. The Bertz CT molecular complexity index is 691. The van der Waals surface area contributed by atoms with E-state index < -0.39 is 16.1 Å². The van der Waals surface area contributed by atoms with E-state index in [4.69, 9.17) is 10.5 Å². The predicted octanol–water partition coefficient (Wildman–Crippen LogP) is -0.804. The second-order valence-corrected chi connectivity index (χ2v) is 8.00. The Labute approximate surface area is 141 Å². The first-order valence-corrected chi connectivity index (χ1v) is 9.45. The fourth-order valence-electron chi connectivity index (χ4n) is 3.37. The number of carbonyl (C=O) groups is 1. The van der Waals surface area contributed by atoms with E-state index in [1.807, 2.05) is 4.57 Å². The number of ether oxygens (including phenoxy) is 1. The van der Waals surface area contributed by atoms with E-state index in [0.717, 1.165) is 12.8 Å². The number of hydrogen-bond acceptors (Lipinski definition) is 5. The van der Waals surface area contributed by atoms with Gasteiger partial charge in [0.15, 0.2) is 0 Å². The van der Waals surface area contributed by atoms with Gasteiger partial charge in [-0.05, 0) is 12.8 Å². The minimum absolute atomic E-state index is 0.0956. The van der Waals surface area contributed by atoms with Crippen molar-refractivity contribution in [2.24, 2.45) is 5.73 Å². The van der Waals surface area contributed by atoms with E-state index in [0.29, 0.717) is 45.0 Å². The van der Waals surface area contributed by atoms with Crippen LogP contribution in [0.2, 0.25) is 0 Å². The number of fused-ring (bicyclic) bond motifs is 1. The molecule has 1 amide bonds. The summed E-state index contributed by atoms with van der Waals surface area (Å²) in [5.74, 6) is 0.121. The lowest BCUT2D eigenvalue weighted by Crippen LogP contribution is -2.48. The summed E-state index contributed by atoms with van der Waals surface area (Å²) in [5, 5.41) is 0. The van der Waals surface area contributed by atoms with Crippen molar-refractivity contribution < 1.29 is 17.9 Å². The molecule has 2 aliphatic heterocycles. The van der Waals surface area contributed by atoms with Gasteiger partial charge in [-0.2, -0.15) is 17.0 Å². The largest absolute Gasteiger partial charge is 0.383 e. The van der Waals surface area contributed by atoms with Crippen molar-refractivity contribution in [2.45, 2.75) is 31.8 Å². The predicted molar refractivity (Wildman–Crippen MR) is 86.5 cm³/mol. The molecule has 9 nitrogen and oxygen atoms in total. The number of rotatable bonds is 5. The lowest BCUT2D eigenvalue weighted by Gasteiger charge is -2.29. The molecule has 24 heavy (non-hydrogen) atoms. The smallest absolute Gasteiger partial charge is 0.282 e. The van der Waals surface area contributed by atoms with Gasteiger partial charge in [0.1, 0.15) is 11.5 Å². The fourth-order valence-corrected chi connectivity index (χ4v) is 5.21. The molecule has 1 saturated heterocycles. The molecule has 0 spiro atoms. The Hall–Kier alpha value is -1.49. The van der Waals surface area contributed by atoms with E-state index in [1.165, 1.54) is 4.31 Å². The lowest BCUT2D eigenvalue weighted by atomic mass is 10.2. The van der Waals surface area contributed by atoms with Crippen LogP contribution in [-0.2, 0) is 27.9 Å². The van der Waals surface area contributed by atoms with Crippen LogP contribution in [0.3, 0.4) is 0 Å². The zero-order valence-corrected chi connectivity index (χ0v) is 14.5. The average Bonchev–Trinajstić information content (AvgIpc) is 3.11. The van der Waals surface area contributed by atoms with Crippen molar-refractivity contribution in [3.05, 3.63) is 17.7 Å². The van der Waals surface area contributed by atoms with Gasteiger partial charge in [0.05, 0.1) is 6.61 Å². The van der Waals surface area contributed by atoms with E-state index in [-0.39, 0.29) is 11.7 Å². The standard InChI is InChI=1S/C14H23N5O4S/c1-23-10-11-3-2-5-19(11)24(21,22)18-6-4-13-16-12(14(15)20)9-17(13)7-8-18/h9,11H,2-8,10H2,1H3,(H2,15,20). The van der Waals surface area contributed by atoms with Crippen LogP contribution in [0.25, 0.3) is 0 Å². The molecule has 134 valence electrons. The summed E-state index contributed by atoms with van der Waals surface area (Å²) in [6.45, 7) is 2.09. The normalized spacial score (nSPS) is 23.1. The summed E-state index contributed by atoms with van der Waals surface area (Å²) in [5.41, 5.74) is 5.47. The molecule has 2 N–H and O–H groups in total. The van der Waals surface area contributed by atoms with Crippen LogP contribution in [0.15, 0.2) is 6.20 Å². The highest BCUT2D eigenvalue weighted by molar-refractivity contribution is 7.86. The molecule has 0 aromatic carbocycles. The highest BCUT2D eigenvalue weighted by Gasteiger charge is 2.38. The maximum atomic E-state index is 13.0.